The van der Waals surface area contributed by atoms with E-state index in [2.05, 4.69) is 69.5 Å². The van der Waals surface area contributed by atoms with Gasteiger partial charge in [0, 0.05) is 35.3 Å². The van der Waals surface area contributed by atoms with Crippen molar-refractivity contribution in [3.63, 3.8) is 0 Å². The van der Waals surface area contributed by atoms with Gasteiger partial charge in [0.25, 0.3) is 0 Å². The second-order valence-electron chi connectivity index (χ2n) is 6.53. The van der Waals surface area contributed by atoms with E-state index in [0.29, 0.717) is 12.1 Å². The summed E-state index contributed by atoms with van der Waals surface area (Å²) >= 11 is 3.55. The molecule has 2 nitrogen and oxygen atoms in total. The highest BCUT2D eigenvalue weighted by Gasteiger charge is 2.36. The Morgan fingerprint density at radius 2 is 1.86 bits per heavy atom. The van der Waals surface area contributed by atoms with Gasteiger partial charge in [-0.25, -0.2) is 0 Å². The predicted octanol–water partition coefficient (Wildman–Crippen LogP) is 4.18. The van der Waals surface area contributed by atoms with Crippen LogP contribution in [0.3, 0.4) is 0 Å². The summed E-state index contributed by atoms with van der Waals surface area (Å²) < 4.78 is 1.15. The second kappa shape index (κ2) is 5.29. The third kappa shape index (κ3) is 2.69. The number of halogens is 1. The number of nitrogens with zero attached hydrogens (tertiary/aromatic N) is 1. The number of piperazine rings is 1. The van der Waals surface area contributed by atoms with Crippen molar-refractivity contribution in [2.24, 2.45) is 5.92 Å². The Kier molecular flexibility index (Phi) is 3.43. The van der Waals surface area contributed by atoms with Crippen molar-refractivity contribution in [3.05, 3.63) is 40.9 Å². The maximum atomic E-state index is 3.73. The fourth-order valence-corrected chi connectivity index (χ4v) is 3.82. The molecular weight excluding hydrogens is 324 g/mol. The average molecular weight is 345 g/mol. The van der Waals surface area contributed by atoms with E-state index in [-0.39, 0.29) is 0 Å². The van der Waals surface area contributed by atoms with Crippen LogP contribution in [0.2, 0.25) is 0 Å². The van der Waals surface area contributed by atoms with Crippen LogP contribution in [0.1, 0.15) is 19.8 Å². The maximum Gasteiger partial charge on any atom is 0.0387 e. The van der Waals surface area contributed by atoms with E-state index in [1.165, 1.54) is 29.3 Å². The summed E-state index contributed by atoms with van der Waals surface area (Å²) in [5, 5.41) is 6.35. The Bertz CT molecular complexity index is 665. The molecule has 2 atom stereocenters. The largest absolute Gasteiger partial charge is 0.366 e. The minimum atomic E-state index is 0.563. The van der Waals surface area contributed by atoms with Crippen LogP contribution in [0.4, 0.5) is 5.69 Å². The summed E-state index contributed by atoms with van der Waals surface area (Å²) in [7, 11) is 0. The maximum absolute atomic E-state index is 3.73. The molecule has 110 valence electrons. The lowest BCUT2D eigenvalue weighted by Gasteiger charge is -2.40. The lowest BCUT2D eigenvalue weighted by Crippen LogP contribution is -2.56. The Morgan fingerprint density at radius 1 is 1.10 bits per heavy atom. The SMILES string of the molecule is CC1CNC(C2CC2)CN1c1ccc2cc(Br)ccc2c1. The van der Waals surface area contributed by atoms with Gasteiger partial charge in [-0.05, 0) is 60.7 Å². The van der Waals surface area contributed by atoms with Crippen molar-refractivity contribution in [1.82, 2.24) is 5.32 Å². The van der Waals surface area contributed by atoms with E-state index in [4.69, 9.17) is 0 Å². The molecule has 0 spiro atoms. The van der Waals surface area contributed by atoms with E-state index in [1.54, 1.807) is 0 Å². The highest BCUT2D eigenvalue weighted by Crippen LogP contribution is 2.35. The monoisotopic (exact) mass is 344 g/mol. The number of anilines is 1. The zero-order valence-corrected chi connectivity index (χ0v) is 13.9. The summed E-state index contributed by atoms with van der Waals surface area (Å²) in [4.78, 5) is 2.58. The Morgan fingerprint density at radius 3 is 2.67 bits per heavy atom. The molecule has 2 aromatic carbocycles. The van der Waals surface area contributed by atoms with Gasteiger partial charge in [-0.15, -0.1) is 0 Å². The van der Waals surface area contributed by atoms with Crippen LogP contribution in [0, 0.1) is 5.92 Å². The molecule has 1 saturated heterocycles. The molecule has 0 bridgehead atoms. The van der Waals surface area contributed by atoms with Gasteiger partial charge >= 0.3 is 0 Å². The molecule has 3 heteroatoms. The molecule has 21 heavy (non-hydrogen) atoms. The first-order valence-electron chi connectivity index (χ1n) is 7.90. The molecule has 2 aliphatic rings. The van der Waals surface area contributed by atoms with Crippen molar-refractivity contribution < 1.29 is 0 Å². The minimum Gasteiger partial charge on any atom is -0.366 e. The number of benzene rings is 2. The zero-order valence-electron chi connectivity index (χ0n) is 12.3. The van der Waals surface area contributed by atoms with Crippen molar-refractivity contribution in [3.8, 4) is 0 Å². The Hall–Kier alpha value is -1.06. The molecule has 0 amide bonds. The van der Waals surface area contributed by atoms with E-state index >= 15 is 0 Å². The Labute approximate surface area is 134 Å². The van der Waals surface area contributed by atoms with Crippen LogP contribution in [-0.2, 0) is 0 Å². The molecule has 1 N–H and O–H groups in total. The predicted molar refractivity (Wildman–Crippen MR) is 93.0 cm³/mol. The number of hydrogen-bond acceptors (Lipinski definition) is 2. The van der Waals surface area contributed by atoms with Gasteiger partial charge in [0.05, 0.1) is 0 Å². The highest BCUT2D eigenvalue weighted by molar-refractivity contribution is 9.10. The lowest BCUT2D eigenvalue weighted by molar-refractivity contribution is 0.376. The van der Waals surface area contributed by atoms with Gasteiger partial charge in [0.15, 0.2) is 0 Å². The van der Waals surface area contributed by atoms with Crippen LogP contribution in [0.25, 0.3) is 10.8 Å². The number of hydrogen-bond donors (Lipinski definition) is 1. The van der Waals surface area contributed by atoms with Gasteiger partial charge in [0.2, 0.25) is 0 Å². The molecular formula is C18H21BrN2. The van der Waals surface area contributed by atoms with Crippen molar-refractivity contribution in [2.45, 2.75) is 31.8 Å². The highest BCUT2D eigenvalue weighted by atomic mass is 79.9. The average Bonchev–Trinajstić information content (AvgIpc) is 3.32. The summed E-state index contributed by atoms with van der Waals surface area (Å²) in [6.45, 7) is 4.56. The molecule has 0 aromatic heterocycles. The van der Waals surface area contributed by atoms with Crippen LogP contribution >= 0.6 is 15.9 Å². The molecule has 1 aliphatic heterocycles. The van der Waals surface area contributed by atoms with Gasteiger partial charge in [-0.1, -0.05) is 28.1 Å². The van der Waals surface area contributed by atoms with E-state index in [9.17, 15) is 0 Å². The smallest absolute Gasteiger partial charge is 0.0387 e. The van der Waals surface area contributed by atoms with E-state index in [1.807, 2.05) is 0 Å². The topological polar surface area (TPSA) is 15.3 Å². The fourth-order valence-electron chi connectivity index (χ4n) is 3.45. The van der Waals surface area contributed by atoms with Crippen LogP contribution in [0.5, 0.6) is 0 Å². The van der Waals surface area contributed by atoms with E-state index < -0.39 is 0 Å². The quantitative estimate of drug-likeness (QED) is 0.879. The molecule has 1 aliphatic carbocycles. The lowest BCUT2D eigenvalue weighted by atomic mass is 10.0. The summed E-state index contributed by atoms with van der Waals surface area (Å²) in [6, 6.07) is 14.6. The first kappa shape index (κ1) is 13.6. The standard InChI is InChI=1S/C18H21BrN2/c1-12-10-20-18(13-2-3-13)11-21(12)17-7-5-14-8-16(19)6-4-15(14)9-17/h4-9,12-13,18,20H,2-3,10-11H2,1H3. The van der Waals surface area contributed by atoms with Crippen LogP contribution in [-0.4, -0.2) is 25.2 Å². The molecule has 1 saturated carbocycles. The van der Waals surface area contributed by atoms with Gasteiger partial charge in [0.1, 0.15) is 0 Å². The van der Waals surface area contributed by atoms with Crippen molar-refractivity contribution in [1.29, 1.82) is 0 Å². The molecule has 2 aromatic rings. The summed E-state index contributed by atoms with van der Waals surface area (Å²) in [5.41, 5.74) is 1.37. The first-order valence-corrected chi connectivity index (χ1v) is 8.69. The molecule has 0 radical (unpaired) electrons. The normalized spacial score (nSPS) is 26.3. The fraction of sp³-hybridized carbons (Fsp3) is 0.444. The third-order valence-electron chi connectivity index (χ3n) is 4.91. The summed E-state index contributed by atoms with van der Waals surface area (Å²) in [6.07, 6.45) is 2.82. The van der Waals surface area contributed by atoms with Gasteiger partial charge in [-0.2, -0.15) is 0 Å². The van der Waals surface area contributed by atoms with Crippen LogP contribution in [0.15, 0.2) is 40.9 Å². The van der Waals surface area contributed by atoms with Crippen LogP contribution < -0.4 is 10.2 Å². The number of fused-ring (bicyclic) bond motifs is 1. The zero-order chi connectivity index (χ0) is 14.4. The van der Waals surface area contributed by atoms with Gasteiger partial charge in [-0.3, -0.25) is 0 Å². The first-order chi connectivity index (χ1) is 10.2. The van der Waals surface area contributed by atoms with E-state index in [0.717, 1.165) is 23.5 Å². The number of nitrogens with one attached hydrogen (secondary N) is 1. The Balaban J connectivity index is 1.65. The molecule has 2 fully saturated rings. The molecule has 1 heterocycles. The third-order valence-corrected chi connectivity index (χ3v) is 5.40. The van der Waals surface area contributed by atoms with Gasteiger partial charge < -0.3 is 10.2 Å². The van der Waals surface area contributed by atoms with Crippen molar-refractivity contribution in [2.75, 3.05) is 18.0 Å². The summed E-state index contributed by atoms with van der Waals surface area (Å²) in [5.74, 6) is 0.913. The van der Waals surface area contributed by atoms with Crippen molar-refractivity contribution >= 4 is 32.4 Å². The molecule has 4 rings (SSSR count). The second-order valence-corrected chi connectivity index (χ2v) is 7.45. The number of rotatable bonds is 2. The molecule has 2 unspecified atom stereocenters. The minimum absolute atomic E-state index is 0.563.